The maximum atomic E-state index is 12.6. The van der Waals surface area contributed by atoms with Gasteiger partial charge in [0.2, 0.25) is 5.60 Å². The van der Waals surface area contributed by atoms with Crippen LogP contribution >= 0.6 is 0 Å². The van der Waals surface area contributed by atoms with Gasteiger partial charge in [-0.3, -0.25) is 0 Å². The van der Waals surface area contributed by atoms with Gasteiger partial charge in [0, 0.05) is 6.08 Å². The van der Waals surface area contributed by atoms with Gasteiger partial charge in [0.15, 0.2) is 0 Å². The van der Waals surface area contributed by atoms with E-state index in [2.05, 4.69) is 6.58 Å². The van der Waals surface area contributed by atoms with Crippen molar-refractivity contribution in [2.75, 3.05) is 0 Å². The van der Waals surface area contributed by atoms with Gasteiger partial charge >= 0.3 is 6.18 Å². The predicted molar refractivity (Wildman–Crippen MR) is 50.1 cm³/mol. The molecule has 1 atom stereocenters. The van der Waals surface area contributed by atoms with Crippen LogP contribution in [0.25, 0.3) is 0 Å². The van der Waals surface area contributed by atoms with E-state index in [9.17, 15) is 18.3 Å². The number of aliphatic hydroxyl groups is 1. The second kappa shape index (κ2) is 3.93. The summed E-state index contributed by atoms with van der Waals surface area (Å²) in [6.07, 6.45) is -4.29. The first kappa shape index (κ1) is 11.6. The van der Waals surface area contributed by atoms with E-state index in [0.29, 0.717) is 6.08 Å². The average Bonchev–Trinajstić information content (AvgIpc) is 2.18. The first-order valence-corrected chi connectivity index (χ1v) is 4.13. The van der Waals surface area contributed by atoms with E-state index >= 15 is 0 Å². The van der Waals surface area contributed by atoms with E-state index < -0.39 is 11.8 Å². The molecule has 0 fully saturated rings. The average molecular weight is 214 g/mol. The minimum atomic E-state index is -4.79. The first-order chi connectivity index (χ1) is 6.92. The van der Waals surface area contributed by atoms with Crippen molar-refractivity contribution in [2.45, 2.75) is 11.8 Å². The molecule has 0 aliphatic heterocycles. The van der Waals surface area contributed by atoms with Gasteiger partial charge in [0.05, 0.1) is 0 Å². The van der Waals surface area contributed by atoms with Gasteiger partial charge in [-0.1, -0.05) is 36.9 Å². The van der Waals surface area contributed by atoms with Crippen LogP contribution in [0.3, 0.4) is 0 Å². The van der Waals surface area contributed by atoms with Gasteiger partial charge in [-0.2, -0.15) is 13.2 Å². The van der Waals surface area contributed by atoms with Crippen molar-refractivity contribution in [1.29, 1.82) is 0 Å². The summed E-state index contributed by atoms with van der Waals surface area (Å²) in [4.78, 5) is 0. The zero-order chi connectivity index (χ0) is 11.5. The van der Waals surface area contributed by atoms with Crippen molar-refractivity contribution in [3.05, 3.63) is 54.3 Å². The number of hydrogen-bond donors (Lipinski definition) is 1. The molecule has 0 aliphatic carbocycles. The first-order valence-electron chi connectivity index (χ1n) is 4.13. The summed E-state index contributed by atoms with van der Waals surface area (Å²) in [6.45, 7) is 3.04. The van der Waals surface area contributed by atoms with Gasteiger partial charge in [-0.05, 0) is 5.56 Å². The van der Waals surface area contributed by atoms with Crippen molar-refractivity contribution < 1.29 is 18.3 Å². The lowest BCUT2D eigenvalue weighted by molar-refractivity contribution is -0.245. The van der Waals surface area contributed by atoms with Crippen LogP contribution in [0.1, 0.15) is 5.56 Å². The molecule has 1 nitrogen and oxygen atoms in total. The number of halogens is 3. The Morgan fingerprint density at radius 3 is 2.13 bits per heavy atom. The summed E-state index contributed by atoms with van der Waals surface area (Å²) >= 11 is 0. The van der Waals surface area contributed by atoms with Crippen LogP contribution in [0.15, 0.2) is 48.7 Å². The lowest BCUT2D eigenvalue weighted by atomic mass is 9.93. The summed E-state index contributed by atoms with van der Waals surface area (Å²) in [6, 6.07) is 6.80. The number of benzene rings is 1. The normalized spacial score (nSPS) is 15.2. The molecule has 1 rings (SSSR count). The van der Waals surface area contributed by atoms with Crippen molar-refractivity contribution in [3.8, 4) is 0 Å². The standard InChI is InChI=1S/C11H9F3O/c1-2-8-10(15,11(12,13)14)9-6-4-3-5-7-9/h3-8,15H,1H2/t10-/m1/s1. The van der Waals surface area contributed by atoms with Crippen LogP contribution < -0.4 is 0 Å². The molecule has 0 amide bonds. The van der Waals surface area contributed by atoms with Gasteiger partial charge < -0.3 is 5.11 Å². The van der Waals surface area contributed by atoms with Crippen molar-refractivity contribution >= 4 is 0 Å². The molecule has 1 N–H and O–H groups in total. The molecular formula is C11H9F3O. The minimum Gasteiger partial charge on any atom is -0.372 e. The Morgan fingerprint density at radius 1 is 1.20 bits per heavy atom. The van der Waals surface area contributed by atoms with E-state index in [-0.39, 0.29) is 5.56 Å². The van der Waals surface area contributed by atoms with E-state index in [4.69, 9.17) is 0 Å². The van der Waals surface area contributed by atoms with Crippen LogP contribution in [-0.4, -0.2) is 11.3 Å². The van der Waals surface area contributed by atoms with E-state index in [1.54, 1.807) is 6.07 Å². The Hall–Kier alpha value is -1.51. The lowest BCUT2D eigenvalue weighted by Gasteiger charge is -2.26. The fourth-order valence-corrected chi connectivity index (χ4v) is 1.17. The molecule has 80 valence electrons. The fraction of sp³-hybridized carbons (Fsp3) is 0.182. The summed E-state index contributed by atoms with van der Waals surface area (Å²) < 4.78 is 37.9. The van der Waals surface area contributed by atoms with Crippen molar-refractivity contribution in [2.24, 2.45) is 0 Å². The second-order valence-corrected chi connectivity index (χ2v) is 2.98. The molecule has 0 saturated carbocycles. The Labute approximate surface area is 85.2 Å². The molecule has 0 aliphatic rings. The molecule has 0 saturated heterocycles. The molecule has 0 spiro atoms. The molecule has 0 unspecified atom stereocenters. The molecule has 0 bridgehead atoms. The number of rotatable bonds is 2. The van der Waals surface area contributed by atoms with E-state index in [0.717, 1.165) is 0 Å². The third-order valence-corrected chi connectivity index (χ3v) is 1.96. The predicted octanol–water partition coefficient (Wildman–Crippen LogP) is 2.78. The second-order valence-electron chi connectivity index (χ2n) is 2.98. The van der Waals surface area contributed by atoms with Crippen LogP contribution in [0.4, 0.5) is 13.2 Å². The molecule has 0 aromatic heterocycles. The zero-order valence-corrected chi connectivity index (χ0v) is 7.75. The summed E-state index contributed by atoms with van der Waals surface area (Å²) in [5, 5.41) is 9.54. The van der Waals surface area contributed by atoms with E-state index in [1.807, 2.05) is 5.73 Å². The highest BCUT2D eigenvalue weighted by atomic mass is 19.4. The highest BCUT2D eigenvalue weighted by molar-refractivity contribution is 5.29. The SMILES string of the molecule is C=C=C[C@@](O)(c1ccccc1)C(F)(F)F. The van der Waals surface area contributed by atoms with Gasteiger partial charge in [-0.15, -0.1) is 5.73 Å². The summed E-state index contributed by atoms with van der Waals surface area (Å²) in [5.74, 6) is 0. The molecule has 1 aromatic rings. The Bertz CT molecular complexity index is 377. The van der Waals surface area contributed by atoms with Gasteiger partial charge in [0.25, 0.3) is 0 Å². The topological polar surface area (TPSA) is 20.2 Å². The van der Waals surface area contributed by atoms with Crippen molar-refractivity contribution in [3.63, 3.8) is 0 Å². The summed E-state index contributed by atoms with van der Waals surface area (Å²) in [7, 11) is 0. The highest BCUT2D eigenvalue weighted by Gasteiger charge is 2.53. The molecular weight excluding hydrogens is 205 g/mol. The third-order valence-electron chi connectivity index (χ3n) is 1.96. The van der Waals surface area contributed by atoms with Crippen LogP contribution in [-0.2, 0) is 5.60 Å². The maximum absolute atomic E-state index is 12.6. The van der Waals surface area contributed by atoms with Crippen LogP contribution in [0.5, 0.6) is 0 Å². The fourth-order valence-electron chi connectivity index (χ4n) is 1.17. The van der Waals surface area contributed by atoms with E-state index in [1.165, 1.54) is 24.3 Å². The largest absolute Gasteiger partial charge is 0.425 e. The zero-order valence-electron chi connectivity index (χ0n) is 7.75. The third kappa shape index (κ3) is 2.12. The van der Waals surface area contributed by atoms with Crippen molar-refractivity contribution in [1.82, 2.24) is 0 Å². The molecule has 4 heteroatoms. The van der Waals surface area contributed by atoms with Gasteiger partial charge in [-0.25, -0.2) is 0 Å². The molecule has 0 radical (unpaired) electrons. The maximum Gasteiger partial charge on any atom is 0.425 e. The smallest absolute Gasteiger partial charge is 0.372 e. The van der Waals surface area contributed by atoms with Crippen LogP contribution in [0, 0.1) is 0 Å². The Kier molecular flexibility index (Phi) is 3.03. The monoisotopic (exact) mass is 214 g/mol. The molecule has 0 heterocycles. The number of alkyl halides is 3. The lowest BCUT2D eigenvalue weighted by Crippen LogP contribution is -2.40. The number of hydrogen-bond acceptors (Lipinski definition) is 1. The quantitative estimate of drug-likeness (QED) is 0.750. The Balaban J connectivity index is 3.32. The molecule has 15 heavy (non-hydrogen) atoms. The molecule has 1 aromatic carbocycles. The Morgan fingerprint density at radius 2 is 1.73 bits per heavy atom. The highest BCUT2D eigenvalue weighted by Crippen LogP contribution is 2.39. The minimum absolute atomic E-state index is 0.256. The summed E-state index contributed by atoms with van der Waals surface area (Å²) in [5.41, 5.74) is -1.31. The van der Waals surface area contributed by atoms with Gasteiger partial charge in [0.1, 0.15) is 0 Å². The van der Waals surface area contributed by atoms with Crippen LogP contribution in [0.2, 0.25) is 0 Å².